The zero-order chi connectivity index (χ0) is 16.4. The van der Waals surface area contributed by atoms with Gasteiger partial charge in [-0.1, -0.05) is 0 Å². The number of nitrogens with zero attached hydrogens (tertiary/aromatic N) is 3. The van der Waals surface area contributed by atoms with E-state index in [1.54, 1.807) is 5.38 Å². The van der Waals surface area contributed by atoms with Crippen LogP contribution >= 0.6 is 23.1 Å². The van der Waals surface area contributed by atoms with Crippen LogP contribution in [0.2, 0.25) is 0 Å². The quantitative estimate of drug-likeness (QED) is 0.725. The van der Waals surface area contributed by atoms with Crippen molar-refractivity contribution in [2.75, 3.05) is 20.2 Å². The van der Waals surface area contributed by atoms with Crippen LogP contribution in [-0.2, 0) is 14.8 Å². The third-order valence-electron chi connectivity index (χ3n) is 3.35. The lowest BCUT2D eigenvalue weighted by atomic mass is 10.3. The van der Waals surface area contributed by atoms with E-state index in [9.17, 15) is 13.2 Å². The molecule has 3 rings (SSSR count). The van der Waals surface area contributed by atoms with Crippen LogP contribution in [0.5, 0.6) is 5.88 Å². The van der Waals surface area contributed by atoms with Crippen molar-refractivity contribution >= 4 is 39.1 Å². The van der Waals surface area contributed by atoms with Crippen molar-refractivity contribution < 1.29 is 22.7 Å². The van der Waals surface area contributed by atoms with Crippen LogP contribution in [0.15, 0.2) is 22.5 Å². The Morgan fingerprint density at radius 3 is 3.00 bits per heavy atom. The molecule has 1 unspecified atom stereocenters. The largest absolute Gasteiger partial charge is 0.471 e. The van der Waals surface area contributed by atoms with Gasteiger partial charge in [0, 0.05) is 6.54 Å². The number of hydrogen-bond donors (Lipinski definition) is 0. The number of carbonyl (C=O) groups is 1. The summed E-state index contributed by atoms with van der Waals surface area (Å²) in [7, 11) is -2.54. The van der Waals surface area contributed by atoms with Gasteiger partial charge < -0.3 is 9.47 Å². The lowest BCUT2D eigenvalue weighted by Gasteiger charge is -2.16. The molecular weight excluding hydrogens is 362 g/mol. The van der Waals surface area contributed by atoms with E-state index in [0.29, 0.717) is 18.8 Å². The molecule has 0 amide bonds. The molecule has 0 bridgehead atoms. The summed E-state index contributed by atoms with van der Waals surface area (Å²) in [5, 5.41) is 1.56. The van der Waals surface area contributed by atoms with Crippen molar-refractivity contribution in [3.8, 4) is 5.88 Å². The zero-order valence-corrected chi connectivity index (χ0v) is 14.5. The number of methoxy groups -OCH3 is 1. The van der Waals surface area contributed by atoms with Gasteiger partial charge in [-0.3, -0.25) is 0 Å². The van der Waals surface area contributed by atoms with Crippen molar-refractivity contribution in [2.24, 2.45) is 0 Å². The van der Waals surface area contributed by atoms with Crippen molar-refractivity contribution in [3.63, 3.8) is 0 Å². The Morgan fingerprint density at radius 2 is 2.30 bits per heavy atom. The molecule has 2 aromatic heterocycles. The molecule has 2 aromatic rings. The number of aromatic nitrogens is 2. The summed E-state index contributed by atoms with van der Waals surface area (Å²) >= 11 is 2.07. The van der Waals surface area contributed by atoms with E-state index in [0.717, 1.165) is 23.1 Å². The molecule has 0 spiro atoms. The number of ether oxygens (including phenoxy) is 2. The summed E-state index contributed by atoms with van der Waals surface area (Å²) in [6.07, 6.45) is 1.76. The summed E-state index contributed by atoms with van der Waals surface area (Å²) in [6, 6.07) is 1.42. The highest BCUT2D eigenvalue weighted by Crippen LogP contribution is 2.29. The number of esters is 1. The van der Waals surface area contributed by atoms with E-state index >= 15 is 0 Å². The van der Waals surface area contributed by atoms with E-state index in [2.05, 4.69) is 13.5 Å². The average molecular weight is 375 g/mol. The predicted molar refractivity (Wildman–Crippen MR) is 83.4 cm³/mol. The second-order valence-corrected chi connectivity index (χ2v) is 8.12. The van der Waals surface area contributed by atoms with Gasteiger partial charge in [0.1, 0.15) is 22.1 Å². The second-order valence-electron chi connectivity index (χ2n) is 4.74. The van der Waals surface area contributed by atoms with Crippen LogP contribution < -0.4 is 4.74 Å². The van der Waals surface area contributed by atoms with Crippen LogP contribution in [0.1, 0.15) is 16.1 Å². The lowest BCUT2D eigenvalue weighted by Crippen LogP contribution is -2.31. The van der Waals surface area contributed by atoms with Gasteiger partial charge in [-0.25, -0.2) is 13.2 Å². The standard InChI is InChI=1S/C12H13N3O5S3/c1-19-12(16)11-9(3-5-21-11)23(17,18)15-4-2-8(7-15)20-10-6-13-22-14-10/h3,5-6,8H,2,4,7H2,1H3. The van der Waals surface area contributed by atoms with Crippen molar-refractivity contribution in [1.29, 1.82) is 0 Å². The highest BCUT2D eigenvalue weighted by atomic mass is 32.2. The fourth-order valence-corrected chi connectivity index (χ4v) is 5.42. The average Bonchev–Trinajstić information content (AvgIpc) is 3.27. The number of sulfonamides is 1. The zero-order valence-electron chi connectivity index (χ0n) is 12.0. The number of carbonyl (C=O) groups excluding carboxylic acids is 1. The first-order valence-electron chi connectivity index (χ1n) is 6.62. The normalized spacial score (nSPS) is 18.9. The Morgan fingerprint density at radius 1 is 1.48 bits per heavy atom. The van der Waals surface area contributed by atoms with Gasteiger partial charge in [0.15, 0.2) is 0 Å². The molecule has 1 saturated heterocycles. The monoisotopic (exact) mass is 375 g/mol. The van der Waals surface area contributed by atoms with Crippen LogP contribution in [0.3, 0.4) is 0 Å². The van der Waals surface area contributed by atoms with Gasteiger partial charge in [-0.05, 0) is 17.9 Å². The van der Waals surface area contributed by atoms with Gasteiger partial charge in [0.25, 0.3) is 0 Å². The highest BCUT2D eigenvalue weighted by Gasteiger charge is 2.36. The molecular formula is C12H13N3O5S3. The van der Waals surface area contributed by atoms with Crippen LogP contribution in [0.4, 0.5) is 0 Å². The van der Waals surface area contributed by atoms with Crippen LogP contribution in [0.25, 0.3) is 0 Å². The van der Waals surface area contributed by atoms with E-state index in [1.807, 2.05) is 0 Å². The van der Waals surface area contributed by atoms with Gasteiger partial charge in [0.2, 0.25) is 15.9 Å². The Balaban J connectivity index is 1.76. The molecule has 1 aliphatic heterocycles. The molecule has 0 aliphatic carbocycles. The molecule has 0 radical (unpaired) electrons. The maximum atomic E-state index is 12.7. The molecule has 11 heteroatoms. The van der Waals surface area contributed by atoms with E-state index < -0.39 is 16.0 Å². The molecule has 8 nitrogen and oxygen atoms in total. The fourth-order valence-electron chi connectivity index (χ4n) is 2.27. The summed E-state index contributed by atoms with van der Waals surface area (Å²) in [4.78, 5) is 11.8. The van der Waals surface area contributed by atoms with E-state index in [4.69, 9.17) is 4.74 Å². The van der Waals surface area contributed by atoms with E-state index in [-0.39, 0.29) is 22.4 Å². The third-order valence-corrected chi connectivity index (χ3v) is 6.75. The maximum absolute atomic E-state index is 12.7. The summed E-state index contributed by atoms with van der Waals surface area (Å²) < 4.78 is 44.8. The fraction of sp³-hybridized carbons (Fsp3) is 0.417. The number of hydrogen-bond acceptors (Lipinski definition) is 9. The van der Waals surface area contributed by atoms with Crippen molar-refractivity contribution in [2.45, 2.75) is 17.4 Å². The molecule has 3 heterocycles. The van der Waals surface area contributed by atoms with Crippen LogP contribution in [0, 0.1) is 0 Å². The maximum Gasteiger partial charge on any atom is 0.349 e. The molecule has 0 N–H and O–H groups in total. The molecule has 1 atom stereocenters. The molecule has 23 heavy (non-hydrogen) atoms. The smallest absolute Gasteiger partial charge is 0.349 e. The first-order valence-corrected chi connectivity index (χ1v) is 9.67. The summed E-state index contributed by atoms with van der Waals surface area (Å²) in [6.45, 7) is 0.525. The number of thiophene rings is 1. The molecule has 0 aromatic carbocycles. The first-order chi connectivity index (χ1) is 11.0. The minimum atomic E-state index is -3.76. The minimum Gasteiger partial charge on any atom is -0.471 e. The van der Waals surface area contributed by atoms with Crippen LogP contribution in [-0.4, -0.2) is 53.7 Å². The second kappa shape index (κ2) is 6.51. The molecule has 124 valence electrons. The first kappa shape index (κ1) is 16.3. The summed E-state index contributed by atoms with van der Waals surface area (Å²) in [5.41, 5.74) is 0. The third kappa shape index (κ3) is 3.22. The lowest BCUT2D eigenvalue weighted by molar-refractivity contribution is 0.0602. The predicted octanol–water partition coefficient (Wildman–Crippen LogP) is 1.23. The SMILES string of the molecule is COC(=O)c1sccc1S(=O)(=O)N1CCC(Oc2cnsn2)C1. The van der Waals surface area contributed by atoms with Gasteiger partial charge in [-0.15, -0.1) is 15.7 Å². The van der Waals surface area contributed by atoms with Crippen molar-refractivity contribution in [3.05, 3.63) is 22.5 Å². The topological polar surface area (TPSA) is 98.7 Å². The van der Waals surface area contributed by atoms with Gasteiger partial charge >= 0.3 is 5.97 Å². The highest BCUT2D eigenvalue weighted by molar-refractivity contribution is 7.89. The molecule has 0 saturated carbocycles. The Kier molecular flexibility index (Phi) is 4.62. The Bertz CT molecular complexity index is 787. The van der Waals surface area contributed by atoms with Gasteiger partial charge in [-0.2, -0.15) is 8.68 Å². The summed E-state index contributed by atoms with van der Waals surface area (Å²) in [5.74, 6) is -0.260. The van der Waals surface area contributed by atoms with E-state index in [1.165, 1.54) is 23.7 Å². The number of rotatable bonds is 5. The van der Waals surface area contributed by atoms with Gasteiger partial charge in [0.05, 0.1) is 25.4 Å². The Hall–Kier alpha value is -1.56. The van der Waals surface area contributed by atoms with Crippen molar-refractivity contribution in [1.82, 2.24) is 13.1 Å². The molecule has 1 fully saturated rings. The Labute approximate surface area is 141 Å². The minimum absolute atomic E-state index is 0.0228. The molecule has 1 aliphatic rings.